The third-order valence-electron chi connectivity index (χ3n) is 11.5. The second-order valence-electron chi connectivity index (χ2n) is 14.1. The average molecular weight is 662 g/mol. The predicted octanol–water partition coefficient (Wildman–Crippen LogP) is 13.4. The first-order valence-corrected chi connectivity index (χ1v) is 17.9. The molecule has 0 N–H and O–H groups in total. The summed E-state index contributed by atoms with van der Waals surface area (Å²) in [4.78, 5) is 2.36. The van der Waals surface area contributed by atoms with E-state index in [1.165, 1.54) is 76.2 Å². The number of anilines is 3. The lowest BCUT2D eigenvalue weighted by molar-refractivity contribution is 0.669. The van der Waals surface area contributed by atoms with Gasteiger partial charge >= 0.3 is 0 Å². The van der Waals surface area contributed by atoms with E-state index in [1.54, 1.807) is 0 Å². The fourth-order valence-electron chi connectivity index (χ4n) is 9.54. The number of fused-ring (bicyclic) bond motifs is 17. The average Bonchev–Trinajstić information content (AvgIpc) is 3.99. The van der Waals surface area contributed by atoms with E-state index in [0.29, 0.717) is 0 Å². The highest BCUT2D eigenvalue weighted by Gasteiger charge is 2.27. The molecule has 0 amide bonds. The number of para-hydroxylation sites is 5. The fourth-order valence-corrected chi connectivity index (χ4v) is 9.54. The van der Waals surface area contributed by atoms with Crippen LogP contribution in [-0.2, 0) is 0 Å². The van der Waals surface area contributed by atoms with Crippen LogP contribution in [0, 0.1) is 0 Å². The van der Waals surface area contributed by atoms with Crippen molar-refractivity contribution in [1.29, 1.82) is 0 Å². The zero-order valence-electron chi connectivity index (χ0n) is 27.8. The number of benzene rings is 8. The van der Waals surface area contributed by atoms with Gasteiger partial charge in [0.25, 0.3) is 0 Å². The Morgan fingerprint density at radius 3 is 1.79 bits per heavy atom. The van der Waals surface area contributed by atoms with E-state index in [2.05, 4.69) is 177 Å². The molecule has 13 rings (SSSR count). The molecule has 0 radical (unpaired) electrons. The molecule has 0 atom stereocenters. The summed E-state index contributed by atoms with van der Waals surface area (Å²) in [7, 11) is 0. The molecule has 13 aromatic rings. The smallest absolute Gasteiger partial charge is 0.137 e. The Labute approximate surface area is 296 Å². The van der Waals surface area contributed by atoms with Crippen molar-refractivity contribution in [2.75, 3.05) is 4.90 Å². The molecule has 0 unspecified atom stereocenters. The van der Waals surface area contributed by atoms with Crippen LogP contribution in [0.25, 0.3) is 98.1 Å². The minimum absolute atomic E-state index is 0.908. The SMILES string of the molecule is c1ccc(N(c2ccccc2)c2ccc3c4cc5c(c6cccc7c8ccccc8n5c76)c5c6ccc7oc8ccccc8c7c6n(c3c2)c45)cc1. The normalized spacial score (nSPS) is 12.6. The van der Waals surface area contributed by atoms with E-state index in [9.17, 15) is 0 Å². The topological polar surface area (TPSA) is 25.2 Å². The predicted molar refractivity (Wildman–Crippen MR) is 218 cm³/mol. The maximum absolute atomic E-state index is 6.54. The quantitative estimate of drug-likeness (QED) is 0.188. The Bertz CT molecular complexity index is 3530. The van der Waals surface area contributed by atoms with E-state index < -0.39 is 0 Å². The first kappa shape index (κ1) is 26.8. The molecule has 0 spiro atoms. The number of hydrogen-bond donors (Lipinski definition) is 0. The van der Waals surface area contributed by atoms with Gasteiger partial charge in [0, 0.05) is 65.5 Å². The van der Waals surface area contributed by atoms with Gasteiger partial charge in [0.15, 0.2) is 0 Å². The van der Waals surface area contributed by atoms with E-state index in [1.807, 2.05) is 0 Å². The summed E-state index contributed by atoms with van der Waals surface area (Å²) in [6.07, 6.45) is 0. The molecule has 0 saturated heterocycles. The lowest BCUT2D eigenvalue weighted by atomic mass is 10.00. The maximum Gasteiger partial charge on any atom is 0.137 e. The van der Waals surface area contributed by atoms with Crippen LogP contribution in [0.1, 0.15) is 0 Å². The first-order chi connectivity index (χ1) is 25.8. The van der Waals surface area contributed by atoms with Crippen LogP contribution in [0.3, 0.4) is 0 Å². The van der Waals surface area contributed by atoms with Crippen molar-refractivity contribution < 1.29 is 4.42 Å². The van der Waals surface area contributed by atoms with Crippen LogP contribution in [0.4, 0.5) is 17.1 Å². The molecule has 4 nitrogen and oxygen atoms in total. The molecule has 4 heteroatoms. The highest BCUT2D eigenvalue weighted by atomic mass is 16.3. The Morgan fingerprint density at radius 1 is 0.327 bits per heavy atom. The second kappa shape index (κ2) is 9.39. The van der Waals surface area contributed by atoms with Crippen LogP contribution in [0.15, 0.2) is 168 Å². The van der Waals surface area contributed by atoms with Crippen molar-refractivity contribution in [3.8, 4) is 0 Å². The third-order valence-corrected chi connectivity index (χ3v) is 11.5. The van der Waals surface area contributed by atoms with Gasteiger partial charge in [0.2, 0.25) is 0 Å². The molecule has 0 aliphatic rings. The Balaban J connectivity index is 1.27. The van der Waals surface area contributed by atoms with E-state index in [4.69, 9.17) is 4.42 Å². The largest absolute Gasteiger partial charge is 0.456 e. The van der Waals surface area contributed by atoms with Gasteiger partial charge in [-0.2, -0.15) is 0 Å². The molecule has 5 heterocycles. The van der Waals surface area contributed by atoms with Gasteiger partial charge in [-0.1, -0.05) is 97.1 Å². The molecule has 52 heavy (non-hydrogen) atoms. The molecule has 240 valence electrons. The number of furan rings is 1. The molecule has 0 fully saturated rings. The summed E-state index contributed by atoms with van der Waals surface area (Å²) < 4.78 is 11.6. The minimum Gasteiger partial charge on any atom is -0.456 e. The molecule has 0 aliphatic carbocycles. The molecule has 8 aromatic carbocycles. The third kappa shape index (κ3) is 3.15. The van der Waals surface area contributed by atoms with Gasteiger partial charge in [-0.3, -0.25) is 0 Å². The monoisotopic (exact) mass is 661 g/mol. The van der Waals surface area contributed by atoms with Gasteiger partial charge in [-0.25, -0.2) is 0 Å². The lowest BCUT2D eigenvalue weighted by Gasteiger charge is -2.25. The van der Waals surface area contributed by atoms with Gasteiger partial charge in [-0.15, -0.1) is 0 Å². The fraction of sp³-hybridized carbons (Fsp3) is 0. The zero-order valence-corrected chi connectivity index (χ0v) is 27.8. The standard InChI is InChI=1S/C48H27N3O/c1-3-12-28(13-4-1)49(29-14-5-2-6-15-29)30-22-23-32-37-27-40-43(35-19-11-18-33-31-16-7-9-20-38(31)50(40)46(33)35)45-36-24-25-42-44(34-17-8-10-21-41(34)52-42)47(36)51(48(37)45)39(32)26-30/h1-27H. The van der Waals surface area contributed by atoms with Crippen LogP contribution < -0.4 is 4.90 Å². The van der Waals surface area contributed by atoms with Crippen molar-refractivity contribution in [2.24, 2.45) is 0 Å². The Kier molecular flexibility index (Phi) is 4.83. The summed E-state index contributed by atoms with van der Waals surface area (Å²) in [5, 5.41) is 12.5. The second-order valence-corrected chi connectivity index (χ2v) is 14.1. The molecular weight excluding hydrogens is 635 g/mol. The van der Waals surface area contributed by atoms with Crippen LogP contribution >= 0.6 is 0 Å². The van der Waals surface area contributed by atoms with Crippen LogP contribution in [0.2, 0.25) is 0 Å². The summed E-state index contributed by atoms with van der Waals surface area (Å²) in [5.41, 5.74) is 12.6. The van der Waals surface area contributed by atoms with Crippen molar-refractivity contribution in [1.82, 2.24) is 8.80 Å². The highest BCUT2D eigenvalue weighted by molar-refractivity contribution is 6.40. The first-order valence-electron chi connectivity index (χ1n) is 17.9. The Morgan fingerprint density at radius 2 is 0.962 bits per heavy atom. The number of nitrogens with zero attached hydrogens (tertiary/aromatic N) is 3. The van der Waals surface area contributed by atoms with E-state index in [0.717, 1.165) is 39.0 Å². The van der Waals surface area contributed by atoms with Gasteiger partial charge < -0.3 is 18.1 Å². The summed E-state index contributed by atoms with van der Waals surface area (Å²) in [6, 6.07) is 59.4. The van der Waals surface area contributed by atoms with Crippen LogP contribution in [-0.4, -0.2) is 8.80 Å². The molecule has 0 saturated carbocycles. The minimum atomic E-state index is 0.908. The molecule has 0 aliphatic heterocycles. The number of rotatable bonds is 3. The molecular formula is C48H27N3O. The molecule has 5 aromatic heterocycles. The summed E-state index contributed by atoms with van der Waals surface area (Å²) >= 11 is 0. The number of hydrogen-bond acceptors (Lipinski definition) is 2. The van der Waals surface area contributed by atoms with Gasteiger partial charge in [0.05, 0.1) is 38.5 Å². The summed E-state index contributed by atoms with van der Waals surface area (Å²) in [6.45, 7) is 0. The maximum atomic E-state index is 6.54. The van der Waals surface area contributed by atoms with Crippen molar-refractivity contribution in [2.45, 2.75) is 0 Å². The van der Waals surface area contributed by atoms with Gasteiger partial charge in [-0.05, 0) is 66.7 Å². The lowest BCUT2D eigenvalue weighted by Crippen LogP contribution is -2.09. The highest BCUT2D eigenvalue weighted by Crippen LogP contribution is 2.51. The Hall–Kier alpha value is -7.04. The summed E-state index contributed by atoms with van der Waals surface area (Å²) in [5.74, 6) is 0. The molecule has 0 bridgehead atoms. The van der Waals surface area contributed by atoms with Crippen LogP contribution in [0.5, 0.6) is 0 Å². The van der Waals surface area contributed by atoms with Crippen molar-refractivity contribution in [3.63, 3.8) is 0 Å². The van der Waals surface area contributed by atoms with E-state index >= 15 is 0 Å². The zero-order chi connectivity index (χ0) is 33.7. The van der Waals surface area contributed by atoms with Crippen molar-refractivity contribution in [3.05, 3.63) is 164 Å². The number of aromatic nitrogens is 2. The van der Waals surface area contributed by atoms with Gasteiger partial charge in [0.1, 0.15) is 11.2 Å². The van der Waals surface area contributed by atoms with E-state index in [-0.39, 0.29) is 0 Å². The van der Waals surface area contributed by atoms with Crippen molar-refractivity contribution >= 4 is 115 Å².